The van der Waals surface area contributed by atoms with Crippen molar-refractivity contribution in [2.45, 2.75) is 55.4 Å². The maximum atomic E-state index is 11.6. The average molecular weight is 644 g/mol. The van der Waals surface area contributed by atoms with Crippen LogP contribution in [0.3, 0.4) is 0 Å². The van der Waals surface area contributed by atoms with Gasteiger partial charge in [-0.25, -0.2) is 17.3 Å². The van der Waals surface area contributed by atoms with Gasteiger partial charge in [0.25, 0.3) is 0 Å². The Morgan fingerprint density at radius 2 is 1.45 bits per heavy atom. The average Bonchev–Trinajstić information content (AvgIpc) is 2.68. The van der Waals surface area contributed by atoms with Gasteiger partial charge >= 0.3 is 47.5 Å². The molecule has 0 aromatic carbocycles. The lowest BCUT2D eigenvalue weighted by molar-refractivity contribution is -0.290. The van der Waals surface area contributed by atoms with E-state index in [4.69, 9.17) is 27.9 Å². The van der Waals surface area contributed by atoms with Crippen LogP contribution in [0.4, 0.5) is 0 Å². The fraction of sp³-hybridized carbons (Fsp3) is 0.917. The van der Waals surface area contributed by atoms with Gasteiger partial charge in [-0.3, -0.25) is 18.2 Å². The molecule has 2 aliphatic rings. The SMILES string of the molecule is O=C(O)C1OCC(OS(=O)(=O)O)[C@@H](O)[C@H]1O[C@@H]1OC(COS(=O)(=O)O)C[C@H](OS(=O)(=O)O)C1NS(=O)(=O)O. The number of aliphatic hydroxyl groups is 1. The molecule has 2 heterocycles. The summed E-state index contributed by atoms with van der Waals surface area (Å²) in [6.07, 6.45) is -15.8. The van der Waals surface area contributed by atoms with E-state index in [0.717, 1.165) is 0 Å². The molecule has 38 heavy (non-hydrogen) atoms. The fourth-order valence-corrected chi connectivity index (χ4v) is 5.32. The Labute approximate surface area is 214 Å². The molecule has 0 aromatic rings. The monoisotopic (exact) mass is 643 g/mol. The highest BCUT2D eigenvalue weighted by molar-refractivity contribution is 7.83. The minimum atomic E-state index is -5.42. The van der Waals surface area contributed by atoms with Crippen molar-refractivity contribution in [3.05, 3.63) is 0 Å². The van der Waals surface area contributed by atoms with Crippen LogP contribution in [0.25, 0.3) is 0 Å². The van der Waals surface area contributed by atoms with Crippen molar-refractivity contribution < 1.29 is 93.6 Å². The normalized spacial score (nSPS) is 33.6. The zero-order valence-corrected chi connectivity index (χ0v) is 21.4. The smallest absolute Gasteiger partial charge is 0.397 e. The van der Waals surface area contributed by atoms with E-state index in [2.05, 4.69) is 12.5 Å². The number of hydrogen-bond donors (Lipinski definition) is 7. The van der Waals surface area contributed by atoms with Gasteiger partial charge in [0.2, 0.25) is 0 Å². The summed E-state index contributed by atoms with van der Waals surface area (Å²) in [5, 5.41) is 19.9. The van der Waals surface area contributed by atoms with Crippen LogP contribution in [0.5, 0.6) is 0 Å². The number of ether oxygens (including phenoxy) is 3. The Balaban J connectivity index is 2.49. The summed E-state index contributed by atoms with van der Waals surface area (Å²) in [7, 11) is -21.1. The number of carboxylic acids is 1. The van der Waals surface area contributed by atoms with Crippen molar-refractivity contribution in [2.75, 3.05) is 13.2 Å². The van der Waals surface area contributed by atoms with E-state index >= 15 is 0 Å². The van der Waals surface area contributed by atoms with Crippen molar-refractivity contribution in [1.82, 2.24) is 4.72 Å². The van der Waals surface area contributed by atoms with Gasteiger partial charge in [-0.2, -0.15) is 38.4 Å². The van der Waals surface area contributed by atoms with E-state index < -0.39 is 116 Å². The molecular formula is C12H21NO21S4. The molecule has 0 radical (unpaired) electrons. The van der Waals surface area contributed by atoms with E-state index in [0.29, 0.717) is 0 Å². The van der Waals surface area contributed by atoms with Crippen molar-refractivity contribution in [3.8, 4) is 0 Å². The lowest BCUT2D eigenvalue weighted by Crippen LogP contribution is -2.64. The molecule has 2 rings (SSSR count). The summed E-state index contributed by atoms with van der Waals surface area (Å²) in [6, 6.07) is -2.22. The Kier molecular flexibility index (Phi) is 10.5. The third-order valence-electron chi connectivity index (χ3n) is 4.68. The van der Waals surface area contributed by atoms with Gasteiger partial charge in [0.05, 0.1) is 19.3 Å². The number of carboxylic acid groups (broad SMARTS) is 1. The molecule has 224 valence electrons. The lowest BCUT2D eigenvalue weighted by atomic mass is 9.98. The zero-order chi connectivity index (χ0) is 29.3. The second kappa shape index (κ2) is 12.1. The van der Waals surface area contributed by atoms with Gasteiger partial charge < -0.3 is 24.4 Å². The maximum Gasteiger partial charge on any atom is 0.397 e. The van der Waals surface area contributed by atoms with Crippen LogP contribution in [0.15, 0.2) is 0 Å². The molecule has 0 amide bonds. The van der Waals surface area contributed by atoms with E-state index in [9.17, 15) is 53.2 Å². The van der Waals surface area contributed by atoms with Gasteiger partial charge in [0.1, 0.15) is 30.5 Å². The molecule has 2 saturated heterocycles. The standard InChI is InChI=1S/C12H21NO21S4/c14-8-6(34-38(26,27)28)3-29-10(11(15)16)9(8)32-12-7(13-35(17,18)19)5(33-37(23,24)25)1-4(31-12)2-30-36(20,21)22/h4-10,12-14H,1-3H2,(H,15,16)(H,17,18,19)(H,20,21,22)(H,23,24,25)(H,26,27,28)/t4?,5-,6?,7?,8+,9+,10?,12-/m0/s1. The third kappa shape index (κ3) is 10.7. The fourth-order valence-electron chi connectivity index (χ4n) is 3.40. The second-order valence-corrected chi connectivity index (χ2v) is 11.9. The highest BCUT2D eigenvalue weighted by Crippen LogP contribution is 2.30. The summed E-state index contributed by atoms with van der Waals surface area (Å²) < 4.78 is 155. The van der Waals surface area contributed by atoms with Crippen LogP contribution < -0.4 is 4.72 Å². The van der Waals surface area contributed by atoms with Gasteiger partial charge in [0.15, 0.2) is 12.4 Å². The van der Waals surface area contributed by atoms with Gasteiger partial charge in [0, 0.05) is 6.42 Å². The first-order valence-electron chi connectivity index (χ1n) is 9.56. The highest BCUT2D eigenvalue weighted by atomic mass is 32.3. The van der Waals surface area contributed by atoms with Crippen molar-refractivity contribution in [2.24, 2.45) is 0 Å². The molecule has 8 atom stereocenters. The number of nitrogens with one attached hydrogen (secondary N) is 1. The molecule has 26 heteroatoms. The third-order valence-corrected chi connectivity index (χ3v) is 6.67. The first kappa shape index (κ1) is 33.0. The summed E-state index contributed by atoms with van der Waals surface area (Å²) in [4.78, 5) is 11.6. The Morgan fingerprint density at radius 1 is 0.895 bits per heavy atom. The molecule has 0 bridgehead atoms. The molecule has 2 aliphatic heterocycles. The Hall–Kier alpha value is -1.21. The van der Waals surface area contributed by atoms with Crippen molar-refractivity contribution in [3.63, 3.8) is 0 Å². The topological polar surface area (TPSA) is 342 Å². The number of aliphatic carboxylic acids is 1. The predicted molar refractivity (Wildman–Crippen MR) is 110 cm³/mol. The summed E-state index contributed by atoms with van der Waals surface area (Å²) >= 11 is 0. The van der Waals surface area contributed by atoms with E-state index in [1.165, 1.54) is 4.72 Å². The minimum absolute atomic E-state index is 0.858. The Morgan fingerprint density at radius 3 is 1.92 bits per heavy atom. The molecule has 0 spiro atoms. The maximum absolute atomic E-state index is 11.6. The van der Waals surface area contributed by atoms with E-state index in [1.807, 2.05) is 0 Å². The van der Waals surface area contributed by atoms with Gasteiger partial charge in [-0.15, -0.1) is 0 Å². The van der Waals surface area contributed by atoms with Crippen LogP contribution in [0, 0.1) is 0 Å². The molecule has 4 unspecified atom stereocenters. The van der Waals surface area contributed by atoms with Crippen molar-refractivity contribution >= 4 is 47.5 Å². The molecule has 7 N–H and O–H groups in total. The van der Waals surface area contributed by atoms with E-state index in [-0.39, 0.29) is 0 Å². The quantitative estimate of drug-likeness (QED) is 0.0981. The molecule has 0 saturated carbocycles. The molecule has 0 aromatic heterocycles. The molecule has 2 fully saturated rings. The first-order valence-corrected chi connectivity index (χ1v) is 15.1. The minimum Gasteiger partial charge on any atom is -0.479 e. The summed E-state index contributed by atoms with van der Waals surface area (Å²) in [6.45, 7) is -2.08. The predicted octanol–water partition coefficient (Wildman–Crippen LogP) is -4.71. The number of carbonyl (C=O) groups is 1. The summed E-state index contributed by atoms with van der Waals surface area (Å²) in [5.74, 6) is -1.86. The van der Waals surface area contributed by atoms with Crippen LogP contribution in [-0.2, 0) is 73.1 Å². The van der Waals surface area contributed by atoms with Gasteiger partial charge in [-0.1, -0.05) is 0 Å². The Bertz CT molecular complexity index is 1280. The molecule has 22 nitrogen and oxygen atoms in total. The summed E-state index contributed by atoms with van der Waals surface area (Å²) in [5.41, 5.74) is 0. The highest BCUT2D eigenvalue weighted by Gasteiger charge is 2.51. The molecular weight excluding hydrogens is 622 g/mol. The number of aliphatic hydroxyl groups excluding tert-OH is 1. The first-order chi connectivity index (χ1) is 17.0. The lowest BCUT2D eigenvalue weighted by Gasteiger charge is -2.44. The number of hydrogen-bond acceptors (Lipinski definition) is 16. The second-order valence-electron chi connectivity index (χ2n) is 7.50. The largest absolute Gasteiger partial charge is 0.479 e. The van der Waals surface area contributed by atoms with Crippen LogP contribution in [0.2, 0.25) is 0 Å². The van der Waals surface area contributed by atoms with Crippen LogP contribution in [0.1, 0.15) is 6.42 Å². The number of rotatable bonds is 12. The molecule has 0 aliphatic carbocycles. The van der Waals surface area contributed by atoms with Gasteiger partial charge in [-0.05, 0) is 0 Å². The van der Waals surface area contributed by atoms with Crippen LogP contribution in [-0.4, -0.2) is 130 Å². The van der Waals surface area contributed by atoms with Crippen molar-refractivity contribution in [1.29, 1.82) is 0 Å². The van der Waals surface area contributed by atoms with Crippen LogP contribution >= 0.6 is 0 Å². The zero-order valence-electron chi connectivity index (χ0n) is 18.2. The van der Waals surface area contributed by atoms with E-state index in [1.54, 1.807) is 0 Å².